The molecule has 3 rings (SSSR count). The van der Waals surface area contributed by atoms with Crippen LogP contribution in [0, 0.1) is 5.92 Å². The monoisotopic (exact) mass is 244 g/mol. The fourth-order valence-corrected chi connectivity index (χ4v) is 2.46. The lowest BCUT2D eigenvalue weighted by molar-refractivity contribution is 0.316. The third kappa shape index (κ3) is 2.13. The number of pyridine rings is 1. The van der Waals surface area contributed by atoms with Gasteiger partial charge in [-0.25, -0.2) is 4.68 Å². The first-order chi connectivity index (χ1) is 8.84. The molecule has 1 aliphatic rings. The highest BCUT2D eigenvalue weighted by Gasteiger charge is 2.15. The molecular formula is C13H16N4O. The van der Waals surface area contributed by atoms with Gasteiger partial charge in [-0.1, -0.05) is 0 Å². The van der Waals surface area contributed by atoms with Crippen molar-refractivity contribution in [2.24, 2.45) is 5.92 Å². The van der Waals surface area contributed by atoms with Crippen LogP contribution >= 0.6 is 0 Å². The number of fused-ring (bicyclic) bond motifs is 1. The second-order valence-corrected chi connectivity index (χ2v) is 4.76. The van der Waals surface area contributed by atoms with Gasteiger partial charge in [0.15, 0.2) is 0 Å². The number of piperidine rings is 1. The number of hydrogen-bond donors (Lipinski definition) is 1. The lowest BCUT2D eigenvalue weighted by atomic mass is 9.98. The molecule has 1 N–H and O–H groups in total. The fourth-order valence-electron chi connectivity index (χ4n) is 2.46. The molecule has 2 aromatic rings. The van der Waals surface area contributed by atoms with Crippen molar-refractivity contribution in [3.63, 3.8) is 0 Å². The Hall–Kier alpha value is -1.75. The molecule has 0 radical (unpaired) electrons. The van der Waals surface area contributed by atoms with Crippen molar-refractivity contribution < 1.29 is 0 Å². The maximum absolute atomic E-state index is 12.2. The van der Waals surface area contributed by atoms with Gasteiger partial charge in [0.1, 0.15) is 0 Å². The van der Waals surface area contributed by atoms with Crippen LogP contribution in [0.1, 0.15) is 12.8 Å². The first-order valence-corrected chi connectivity index (χ1v) is 6.36. The van der Waals surface area contributed by atoms with Gasteiger partial charge in [-0.15, -0.1) is 0 Å². The zero-order valence-corrected chi connectivity index (χ0v) is 10.2. The van der Waals surface area contributed by atoms with E-state index in [-0.39, 0.29) is 5.56 Å². The number of aromatic nitrogens is 3. The van der Waals surface area contributed by atoms with Gasteiger partial charge in [0.25, 0.3) is 5.56 Å². The first-order valence-electron chi connectivity index (χ1n) is 6.36. The molecule has 0 spiro atoms. The molecule has 1 saturated heterocycles. The van der Waals surface area contributed by atoms with E-state index in [1.165, 1.54) is 0 Å². The Labute approximate surface area is 105 Å². The molecule has 5 nitrogen and oxygen atoms in total. The molecule has 18 heavy (non-hydrogen) atoms. The van der Waals surface area contributed by atoms with Crippen molar-refractivity contribution in [2.75, 3.05) is 13.1 Å². The molecule has 1 fully saturated rings. The summed E-state index contributed by atoms with van der Waals surface area (Å²) in [6.07, 6.45) is 5.58. The third-order valence-corrected chi connectivity index (χ3v) is 3.51. The highest BCUT2D eigenvalue weighted by atomic mass is 16.1. The quantitative estimate of drug-likeness (QED) is 0.848. The van der Waals surface area contributed by atoms with E-state index in [0.717, 1.165) is 25.9 Å². The van der Waals surface area contributed by atoms with Crippen molar-refractivity contribution in [2.45, 2.75) is 19.4 Å². The molecule has 1 aliphatic heterocycles. The van der Waals surface area contributed by atoms with Gasteiger partial charge < -0.3 is 5.32 Å². The first kappa shape index (κ1) is 11.3. The lowest BCUT2D eigenvalue weighted by Crippen LogP contribution is -2.33. The predicted octanol–water partition coefficient (Wildman–Crippen LogP) is 0.791. The van der Waals surface area contributed by atoms with Gasteiger partial charge in [-0.2, -0.15) is 5.10 Å². The summed E-state index contributed by atoms with van der Waals surface area (Å²) in [4.78, 5) is 16.4. The fraction of sp³-hybridized carbons (Fsp3) is 0.462. The second kappa shape index (κ2) is 4.86. The Morgan fingerprint density at radius 1 is 1.39 bits per heavy atom. The number of nitrogens with zero attached hydrogens (tertiary/aromatic N) is 3. The molecule has 94 valence electrons. The molecule has 0 unspecified atom stereocenters. The van der Waals surface area contributed by atoms with Crippen molar-refractivity contribution in [3.8, 4) is 0 Å². The van der Waals surface area contributed by atoms with Crippen LogP contribution in [-0.2, 0) is 6.54 Å². The highest BCUT2D eigenvalue weighted by molar-refractivity contribution is 5.75. The summed E-state index contributed by atoms with van der Waals surface area (Å²) in [6, 6.07) is 3.60. The maximum Gasteiger partial charge on any atom is 0.276 e. The molecule has 2 aromatic heterocycles. The number of hydrogen-bond acceptors (Lipinski definition) is 4. The van der Waals surface area contributed by atoms with Crippen LogP contribution in [0.5, 0.6) is 0 Å². The number of nitrogens with one attached hydrogen (secondary N) is 1. The Kier molecular flexibility index (Phi) is 3.06. The molecule has 5 heteroatoms. The Morgan fingerprint density at radius 2 is 2.22 bits per heavy atom. The summed E-state index contributed by atoms with van der Waals surface area (Å²) >= 11 is 0. The minimum Gasteiger partial charge on any atom is -0.317 e. The van der Waals surface area contributed by atoms with Gasteiger partial charge in [-0.3, -0.25) is 9.78 Å². The largest absolute Gasteiger partial charge is 0.317 e. The maximum atomic E-state index is 12.2. The van der Waals surface area contributed by atoms with E-state index in [1.807, 2.05) is 6.07 Å². The summed E-state index contributed by atoms with van der Waals surface area (Å²) in [5.74, 6) is 0.547. The zero-order chi connectivity index (χ0) is 12.4. The topological polar surface area (TPSA) is 59.8 Å². The Bertz CT molecular complexity index is 601. The van der Waals surface area contributed by atoms with Crippen molar-refractivity contribution in [1.29, 1.82) is 0 Å². The normalized spacial score (nSPS) is 17.1. The van der Waals surface area contributed by atoms with E-state index in [4.69, 9.17) is 0 Å². The highest BCUT2D eigenvalue weighted by Crippen LogP contribution is 2.13. The van der Waals surface area contributed by atoms with Gasteiger partial charge in [0.05, 0.1) is 17.1 Å². The molecule has 0 aromatic carbocycles. The molecular weight excluding hydrogens is 228 g/mol. The van der Waals surface area contributed by atoms with Gasteiger partial charge >= 0.3 is 0 Å². The van der Waals surface area contributed by atoms with E-state index >= 15 is 0 Å². The van der Waals surface area contributed by atoms with E-state index < -0.39 is 0 Å². The molecule has 0 atom stereocenters. The van der Waals surface area contributed by atoms with Gasteiger partial charge in [0, 0.05) is 12.7 Å². The van der Waals surface area contributed by atoms with Crippen LogP contribution in [0.2, 0.25) is 0 Å². The Morgan fingerprint density at radius 3 is 3.06 bits per heavy atom. The van der Waals surface area contributed by atoms with Crippen LogP contribution in [0.3, 0.4) is 0 Å². The SMILES string of the molecule is O=c1c2cccnc2cnn1CC1CCNCC1. The minimum atomic E-state index is -0.0286. The van der Waals surface area contributed by atoms with Crippen LogP contribution in [0.25, 0.3) is 10.9 Å². The minimum absolute atomic E-state index is 0.0286. The van der Waals surface area contributed by atoms with Gasteiger partial charge in [-0.05, 0) is 44.0 Å². The van der Waals surface area contributed by atoms with E-state index in [9.17, 15) is 4.79 Å². The standard InChI is InChI=1S/C13H16N4O/c18-13-11-2-1-5-15-12(11)8-16-17(13)9-10-3-6-14-7-4-10/h1-2,5,8,10,14H,3-4,6-7,9H2. The summed E-state index contributed by atoms with van der Waals surface area (Å²) in [5.41, 5.74) is 0.642. The summed E-state index contributed by atoms with van der Waals surface area (Å²) in [6.45, 7) is 2.79. The second-order valence-electron chi connectivity index (χ2n) is 4.76. The molecule has 3 heterocycles. The van der Waals surface area contributed by atoms with Gasteiger partial charge in [0.2, 0.25) is 0 Å². The van der Waals surface area contributed by atoms with Crippen molar-refractivity contribution >= 4 is 10.9 Å². The van der Waals surface area contributed by atoms with Crippen LogP contribution in [-0.4, -0.2) is 27.9 Å². The van der Waals surface area contributed by atoms with E-state index in [2.05, 4.69) is 15.4 Å². The molecule has 0 aliphatic carbocycles. The van der Waals surface area contributed by atoms with Crippen molar-refractivity contribution in [1.82, 2.24) is 20.1 Å². The molecule has 0 amide bonds. The molecule has 0 bridgehead atoms. The number of rotatable bonds is 2. The average Bonchev–Trinajstić information content (AvgIpc) is 2.43. The lowest BCUT2D eigenvalue weighted by Gasteiger charge is -2.22. The van der Waals surface area contributed by atoms with Crippen LogP contribution in [0.15, 0.2) is 29.3 Å². The summed E-state index contributed by atoms with van der Waals surface area (Å²) in [5, 5.41) is 8.20. The summed E-state index contributed by atoms with van der Waals surface area (Å²) in [7, 11) is 0. The predicted molar refractivity (Wildman–Crippen MR) is 69.4 cm³/mol. The molecule has 0 saturated carbocycles. The zero-order valence-electron chi connectivity index (χ0n) is 10.2. The van der Waals surface area contributed by atoms with Crippen LogP contribution < -0.4 is 10.9 Å². The van der Waals surface area contributed by atoms with Crippen LogP contribution in [0.4, 0.5) is 0 Å². The average molecular weight is 244 g/mol. The van der Waals surface area contributed by atoms with Crippen molar-refractivity contribution in [3.05, 3.63) is 34.9 Å². The Balaban J connectivity index is 1.92. The van der Waals surface area contributed by atoms with E-state index in [0.29, 0.717) is 23.4 Å². The smallest absolute Gasteiger partial charge is 0.276 e. The third-order valence-electron chi connectivity index (χ3n) is 3.51. The summed E-state index contributed by atoms with van der Waals surface area (Å²) < 4.78 is 1.58. The van der Waals surface area contributed by atoms with E-state index in [1.54, 1.807) is 23.1 Å².